The van der Waals surface area contributed by atoms with Gasteiger partial charge >= 0.3 is 6.09 Å². The van der Waals surface area contributed by atoms with Crippen LogP contribution in [0.2, 0.25) is 0 Å². The number of ether oxygens (including phenoxy) is 1. The summed E-state index contributed by atoms with van der Waals surface area (Å²) >= 11 is 0. The lowest BCUT2D eigenvalue weighted by Crippen LogP contribution is -2.50. The highest BCUT2D eigenvalue weighted by Crippen LogP contribution is 2.28. The van der Waals surface area contributed by atoms with Crippen LogP contribution in [0.5, 0.6) is 0 Å². The molecule has 0 spiro atoms. The molecule has 1 aliphatic heterocycles. The van der Waals surface area contributed by atoms with Crippen molar-refractivity contribution < 1.29 is 14.1 Å². The van der Waals surface area contributed by atoms with Gasteiger partial charge in [0.25, 0.3) is 0 Å². The van der Waals surface area contributed by atoms with Gasteiger partial charge in [-0.05, 0) is 18.9 Å². The van der Waals surface area contributed by atoms with E-state index >= 15 is 0 Å². The van der Waals surface area contributed by atoms with Crippen LogP contribution >= 0.6 is 0 Å². The first kappa shape index (κ1) is 18.4. The van der Waals surface area contributed by atoms with Crippen molar-refractivity contribution in [3.63, 3.8) is 0 Å². The fourth-order valence-electron chi connectivity index (χ4n) is 3.22. The van der Waals surface area contributed by atoms with E-state index < -0.39 is 0 Å². The van der Waals surface area contributed by atoms with Gasteiger partial charge < -0.3 is 14.2 Å². The van der Waals surface area contributed by atoms with Crippen LogP contribution in [0.1, 0.15) is 42.8 Å². The largest absolute Gasteiger partial charge is 0.449 e. The van der Waals surface area contributed by atoms with Crippen LogP contribution in [0.4, 0.5) is 4.79 Å². The van der Waals surface area contributed by atoms with Gasteiger partial charge in [0.2, 0.25) is 6.39 Å². The number of nitrogens with zero attached hydrogens (tertiary/aromatic N) is 4. The lowest BCUT2D eigenvalue weighted by atomic mass is 10.0. The average Bonchev–Trinajstić information content (AvgIpc) is 3.17. The molecule has 1 fully saturated rings. The van der Waals surface area contributed by atoms with Crippen LogP contribution in [-0.2, 0) is 4.74 Å². The van der Waals surface area contributed by atoms with Crippen LogP contribution in [0.15, 0.2) is 35.2 Å². The zero-order chi connectivity index (χ0) is 18.4. The summed E-state index contributed by atoms with van der Waals surface area (Å²) in [7, 11) is 0. The number of aromatic nitrogens is 2. The van der Waals surface area contributed by atoms with E-state index in [9.17, 15) is 4.79 Å². The first-order chi connectivity index (χ1) is 12.7. The molecule has 2 heterocycles. The maximum Gasteiger partial charge on any atom is 0.409 e. The van der Waals surface area contributed by atoms with Gasteiger partial charge in [-0.3, -0.25) is 4.90 Å². The van der Waals surface area contributed by atoms with Crippen molar-refractivity contribution in [1.82, 2.24) is 19.9 Å². The van der Waals surface area contributed by atoms with Crippen LogP contribution < -0.4 is 0 Å². The third kappa shape index (κ3) is 4.40. The highest BCUT2D eigenvalue weighted by molar-refractivity contribution is 5.67. The Hall–Kier alpha value is -2.41. The molecule has 1 saturated heterocycles. The van der Waals surface area contributed by atoms with E-state index in [1.807, 2.05) is 6.07 Å². The van der Waals surface area contributed by atoms with Crippen molar-refractivity contribution in [2.24, 2.45) is 0 Å². The van der Waals surface area contributed by atoms with Gasteiger partial charge in [-0.2, -0.15) is 4.98 Å². The first-order valence-corrected chi connectivity index (χ1v) is 9.17. The average molecular weight is 358 g/mol. The fraction of sp³-hybridized carbons (Fsp3) is 0.526. The zero-order valence-corrected chi connectivity index (χ0v) is 15.4. The SMILES string of the molecule is CCCCOC(=O)N1CCN(C(c2cccc(C)c2)c2ncon2)CC1. The van der Waals surface area contributed by atoms with Crippen molar-refractivity contribution >= 4 is 6.09 Å². The normalized spacial score (nSPS) is 16.5. The van der Waals surface area contributed by atoms with Crippen molar-refractivity contribution in [1.29, 1.82) is 0 Å². The second-order valence-electron chi connectivity index (χ2n) is 6.60. The van der Waals surface area contributed by atoms with E-state index in [1.165, 1.54) is 12.0 Å². The number of unbranched alkanes of at least 4 members (excludes halogenated alkanes) is 1. The van der Waals surface area contributed by atoms with Gasteiger partial charge in [0, 0.05) is 26.2 Å². The lowest BCUT2D eigenvalue weighted by molar-refractivity contribution is 0.0666. The molecular weight excluding hydrogens is 332 g/mol. The summed E-state index contributed by atoms with van der Waals surface area (Å²) in [5.41, 5.74) is 2.32. The predicted octanol–water partition coefficient (Wildman–Crippen LogP) is 3.02. The van der Waals surface area contributed by atoms with E-state index in [0.29, 0.717) is 25.5 Å². The van der Waals surface area contributed by atoms with E-state index in [4.69, 9.17) is 9.26 Å². The molecule has 1 unspecified atom stereocenters. The van der Waals surface area contributed by atoms with Crippen molar-refractivity contribution in [3.05, 3.63) is 47.6 Å². The molecule has 0 bridgehead atoms. The van der Waals surface area contributed by atoms with Crippen molar-refractivity contribution in [3.8, 4) is 0 Å². The number of amides is 1. The molecule has 1 aliphatic rings. The Bertz CT molecular complexity index is 697. The highest BCUT2D eigenvalue weighted by atomic mass is 16.6. The number of rotatable bonds is 6. The number of benzene rings is 1. The Morgan fingerprint density at radius 3 is 2.77 bits per heavy atom. The highest BCUT2D eigenvalue weighted by Gasteiger charge is 2.31. The van der Waals surface area contributed by atoms with Crippen LogP contribution in [0.25, 0.3) is 0 Å². The van der Waals surface area contributed by atoms with Crippen molar-refractivity contribution in [2.75, 3.05) is 32.8 Å². The summed E-state index contributed by atoms with van der Waals surface area (Å²) < 4.78 is 10.3. The Morgan fingerprint density at radius 2 is 2.12 bits per heavy atom. The molecule has 3 rings (SSSR count). The maximum atomic E-state index is 12.1. The molecule has 26 heavy (non-hydrogen) atoms. The third-order valence-electron chi connectivity index (χ3n) is 4.64. The molecular formula is C19H26N4O3. The van der Waals surface area contributed by atoms with Gasteiger partial charge in [-0.15, -0.1) is 0 Å². The second-order valence-corrected chi connectivity index (χ2v) is 6.60. The Labute approximate surface area is 153 Å². The standard InChI is InChI=1S/C19H26N4O3/c1-3-4-12-25-19(24)23-10-8-22(9-11-23)17(18-20-14-26-21-18)16-7-5-6-15(2)13-16/h5-7,13-14,17H,3-4,8-12H2,1-2H3. The third-order valence-corrected chi connectivity index (χ3v) is 4.64. The number of hydrogen-bond acceptors (Lipinski definition) is 6. The van der Waals surface area contributed by atoms with Crippen molar-refractivity contribution in [2.45, 2.75) is 32.7 Å². The minimum Gasteiger partial charge on any atom is -0.449 e. The summed E-state index contributed by atoms with van der Waals surface area (Å²) in [6, 6.07) is 8.26. The van der Waals surface area contributed by atoms with Gasteiger partial charge in [0.15, 0.2) is 5.82 Å². The van der Waals surface area contributed by atoms with E-state index in [2.05, 4.69) is 47.1 Å². The Kier molecular flexibility index (Phi) is 6.22. The lowest BCUT2D eigenvalue weighted by Gasteiger charge is -2.37. The van der Waals surface area contributed by atoms with E-state index in [-0.39, 0.29) is 12.1 Å². The number of aryl methyl sites for hydroxylation is 1. The molecule has 0 saturated carbocycles. The number of hydrogen-bond donors (Lipinski definition) is 0. The molecule has 140 valence electrons. The van der Waals surface area contributed by atoms with Gasteiger partial charge in [-0.1, -0.05) is 48.3 Å². The van der Waals surface area contributed by atoms with Crippen LogP contribution in [0, 0.1) is 6.92 Å². The maximum absolute atomic E-state index is 12.1. The molecule has 1 aromatic heterocycles. The summed E-state index contributed by atoms with van der Waals surface area (Å²) in [6.07, 6.45) is 3.06. The first-order valence-electron chi connectivity index (χ1n) is 9.17. The molecule has 0 N–H and O–H groups in total. The van der Waals surface area contributed by atoms with Crippen LogP contribution in [-0.4, -0.2) is 58.8 Å². The van der Waals surface area contributed by atoms with E-state index in [0.717, 1.165) is 31.5 Å². The summed E-state index contributed by atoms with van der Waals surface area (Å²) in [6.45, 7) is 7.36. The molecule has 1 aromatic carbocycles. The number of carbonyl (C=O) groups is 1. The van der Waals surface area contributed by atoms with Gasteiger partial charge in [0.05, 0.1) is 12.6 Å². The smallest absolute Gasteiger partial charge is 0.409 e. The van der Waals surface area contributed by atoms with Gasteiger partial charge in [-0.25, -0.2) is 4.79 Å². The minimum atomic E-state index is -0.218. The van der Waals surface area contributed by atoms with Crippen LogP contribution in [0.3, 0.4) is 0 Å². The summed E-state index contributed by atoms with van der Waals surface area (Å²) in [5, 5.41) is 4.07. The molecule has 0 radical (unpaired) electrons. The molecule has 0 aliphatic carbocycles. The minimum absolute atomic E-state index is 0.0769. The monoisotopic (exact) mass is 358 g/mol. The molecule has 7 heteroatoms. The topological polar surface area (TPSA) is 71.7 Å². The van der Waals surface area contributed by atoms with E-state index in [1.54, 1.807) is 4.90 Å². The molecule has 1 amide bonds. The quantitative estimate of drug-likeness (QED) is 0.739. The number of piperazine rings is 1. The Balaban J connectivity index is 1.67. The molecule has 2 aromatic rings. The second kappa shape index (κ2) is 8.80. The summed E-state index contributed by atoms with van der Waals surface area (Å²) in [5.74, 6) is 0.648. The molecule has 1 atom stereocenters. The van der Waals surface area contributed by atoms with Gasteiger partial charge in [0.1, 0.15) is 0 Å². The summed E-state index contributed by atoms with van der Waals surface area (Å²) in [4.78, 5) is 20.5. The predicted molar refractivity (Wildman–Crippen MR) is 96.7 cm³/mol. The zero-order valence-electron chi connectivity index (χ0n) is 15.4. The number of carbonyl (C=O) groups excluding carboxylic acids is 1. The Morgan fingerprint density at radius 1 is 1.31 bits per heavy atom. The molecule has 7 nitrogen and oxygen atoms in total. The fourth-order valence-corrected chi connectivity index (χ4v) is 3.22.